The van der Waals surface area contributed by atoms with Gasteiger partial charge < -0.3 is 19.9 Å². The summed E-state index contributed by atoms with van der Waals surface area (Å²) in [7, 11) is 0. The van der Waals surface area contributed by atoms with E-state index in [4.69, 9.17) is 26.2 Å². The Morgan fingerprint density at radius 3 is 2.09 bits per heavy atom. The summed E-state index contributed by atoms with van der Waals surface area (Å²) < 4.78 is 48.7. The zero-order chi connectivity index (χ0) is 25.3. The highest BCUT2D eigenvalue weighted by molar-refractivity contribution is 6.62. The minimum atomic E-state index is -4.57. The van der Waals surface area contributed by atoms with Gasteiger partial charge in [-0.25, -0.2) is 4.98 Å². The van der Waals surface area contributed by atoms with Gasteiger partial charge in [0.05, 0.1) is 5.56 Å². The van der Waals surface area contributed by atoms with Crippen molar-refractivity contribution in [3.63, 3.8) is 0 Å². The van der Waals surface area contributed by atoms with Crippen molar-refractivity contribution in [3.8, 4) is 17.4 Å². The van der Waals surface area contributed by atoms with E-state index < -0.39 is 35.8 Å². The third-order valence-corrected chi connectivity index (χ3v) is 3.86. The fourth-order valence-corrected chi connectivity index (χ4v) is 2.21. The van der Waals surface area contributed by atoms with Crippen molar-refractivity contribution < 1.29 is 42.1 Å². The predicted octanol–water partition coefficient (Wildman–Crippen LogP) is 4.67. The number of nitrogens with one attached hydrogen (secondary N) is 1. The van der Waals surface area contributed by atoms with Crippen LogP contribution in [0.1, 0.15) is 26.3 Å². The van der Waals surface area contributed by atoms with Crippen LogP contribution in [0.3, 0.4) is 0 Å². The largest absolute Gasteiger partial charge is 0.481 e. The Labute approximate surface area is 196 Å². The molecule has 13 heteroatoms. The highest BCUT2D eigenvalue weighted by atomic mass is 35.5. The standard InChI is InChI=1S/C18H16ClF3N2O5.C2H3ClO/c1-9(17(26)27)24-15(25)10(2)28-12-3-5-13(6-4-12)29-16-14(19)7-11(8-23-16)18(20,21)22;1-2(3)4/h3-10H,1-2H3,(H,24,25)(H,26,27);1H3/t9-,10?;/m0./s1. The van der Waals surface area contributed by atoms with E-state index in [1.54, 1.807) is 0 Å². The maximum Gasteiger partial charge on any atom is 0.417 e. The number of hydrogen-bond acceptors (Lipinski definition) is 6. The molecule has 0 radical (unpaired) electrons. The molecule has 0 bridgehead atoms. The SMILES string of the molecule is CC(=O)Cl.CC(Oc1ccc(Oc2ncc(C(F)(F)F)cc2Cl)cc1)C(=O)N[C@@H](C)C(=O)O. The van der Waals surface area contributed by atoms with Gasteiger partial charge in [-0.05, 0) is 55.8 Å². The lowest BCUT2D eigenvalue weighted by molar-refractivity contribution is -0.142. The zero-order valence-corrected chi connectivity index (χ0v) is 19.0. The maximum absolute atomic E-state index is 12.6. The van der Waals surface area contributed by atoms with Crippen LogP contribution in [0.15, 0.2) is 36.5 Å². The second kappa shape index (κ2) is 12.3. The Balaban J connectivity index is 0.00000125. The van der Waals surface area contributed by atoms with Gasteiger partial charge in [0.2, 0.25) is 11.1 Å². The Morgan fingerprint density at radius 2 is 1.64 bits per heavy atom. The van der Waals surface area contributed by atoms with Gasteiger partial charge >= 0.3 is 12.1 Å². The van der Waals surface area contributed by atoms with Gasteiger partial charge in [0, 0.05) is 13.1 Å². The van der Waals surface area contributed by atoms with Gasteiger partial charge in [0.15, 0.2) is 6.10 Å². The van der Waals surface area contributed by atoms with Crippen LogP contribution in [0.2, 0.25) is 5.02 Å². The van der Waals surface area contributed by atoms with Crippen LogP contribution in [0.25, 0.3) is 0 Å². The van der Waals surface area contributed by atoms with E-state index in [0.717, 1.165) is 0 Å². The zero-order valence-electron chi connectivity index (χ0n) is 17.4. The molecule has 2 aromatic rings. The quantitative estimate of drug-likeness (QED) is 0.519. The monoisotopic (exact) mass is 510 g/mol. The molecule has 180 valence electrons. The molecule has 0 spiro atoms. The molecule has 2 atom stereocenters. The Morgan fingerprint density at radius 1 is 1.12 bits per heavy atom. The van der Waals surface area contributed by atoms with Crippen LogP contribution in [-0.2, 0) is 20.6 Å². The van der Waals surface area contributed by atoms with Crippen LogP contribution >= 0.6 is 23.2 Å². The third kappa shape index (κ3) is 9.96. The maximum atomic E-state index is 12.6. The average Bonchev–Trinajstić information content (AvgIpc) is 2.69. The number of carbonyl (C=O) groups excluding carboxylic acids is 2. The lowest BCUT2D eigenvalue weighted by Crippen LogP contribution is -2.44. The van der Waals surface area contributed by atoms with Crippen LogP contribution in [0, 0.1) is 0 Å². The van der Waals surface area contributed by atoms with E-state index in [1.807, 2.05) is 0 Å². The minimum Gasteiger partial charge on any atom is -0.481 e. The molecule has 33 heavy (non-hydrogen) atoms. The van der Waals surface area contributed by atoms with Crippen LogP contribution in [0.5, 0.6) is 17.4 Å². The number of carboxylic acid groups (broad SMARTS) is 1. The topological polar surface area (TPSA) is 115 Å². The first-order valence-electron chi connectivity index (χ1n) is 9.07. The molecule has 1 amide bonds. The number of aliphatic carboxylic acids is 1. The number of benzene rings is 1. The number of carbonyl (C=O) groups is 3. The van der Waals surface area contributed by atoms with Gasteiger partial charge in [-0.1, -0.05) is 11.6 Å². The second-order valence-corrected chi connectivity index (χ2v) is 7.32. The van der Waals surface area contributed by atoms with Crippen LogP contribution in [-0.4, -0.2) is 39.4 Å². The molecule has 0 aliphatic carbocycles. The molecule has 0 saturated heterocycles. The highest BCUT2D eigenvalue weighted by Gasteiger charge is 2.31. The number of amides is 1. The number of rotatable bonds is 7. The summed E-state index contributed by atoms with van der Waals surface area (Å²) in [6.45, 7) is 4.06. The smallest absolute Gasteiger partial charge is 0.417 e. The molecule has 1 aromatic heterocycles. The molecule has 0 fully saturated rings. The number of hydrogen-bond donors (Lipinski definition) is 2. The lowest BCUT2D eigenvalue weighted by Gasteiger charge is -2.16. The molecule has 0 aliphatic heterocycles. The first kappa shape index (κ1) is 28.0. The number of pyridine rings is 1. The van der Waals surface area contributed by atoms with E-state index in [1.165, 1.54) is 45.0 Å². The van der Waals surface area contributed by atoms with Gasteiger partial charge in [-0.15, -0.1) is 0 Å². The minimum absolute atomic E-state index is 0.205. The normalized spacial score (nSPS) is 12.5. The summed E-state index contributed by atoms with van der Waals surface area (Å²) in [5.74, 6) is -1.48. The summed E-state index contributed by atoms with van der Waals surface area (Å²) in [5.41, 5.74) is -0.997. The first-order chi connectivity index (χ1) is 15.2. The molecule has 1 unspecified atom stereocenters. The predicted molar refractivity (Wildman–Crippen MR) is 113 cm³/mol. The number of halogens is 5. The Hall–Kier alpha value is -3.05. The summed E-state index contributed by atoms with van der Waals surface area (Å²) >= 11 is 10.4. The fourth-order valence-electron chi connectivity index (χ4n) is 2.00. The highest BCUT2D eigenvalue weighted by Crippen LogP contribution is 2.34. The van der Waals surface area contributed by atoms with E-state index in [-0.39, 0.29) is 27.6 Å². The summed E-state index contributed by atoms with van der Waals surface area (Å²) in [4.78, 5) is 35.4. The summed E-state index contributed by atoms with van der Waals surface area (Å²) in [6, 6.07) is 5.44. The summed E-state index contributed by atoms with van der Waals surface area (Å²) in [6.07, 6.45) is -4.93. The molecule has 8 nitrogen and oxygen atoms in total. The average molecular weight is 511 g/mol. The van der Waals surface area contributed by atoms with Gasteiger partial charge in [-0.3, -0.25) is 14.4 Å². The number of ether oxygens (including phenoxy) is 2. The van der Waals surface area contributed by atoms with Crippen LogP contribution < -0.4 is 14.8 Å². The van der Waals surface area contributed by atoms with Gasteiger partial charge in [0.25, 0.3) is 5.91 Å². The van der Waals surface area contributed by atoms with Crippen molar-refractivity contribution in [1.29, 1.82) is 0 Å². The number of aromatic nitrogens is 1. The molecule has 2 N–H and O–H groups in total. The third-order valence-electron chi connectivity index (χ3n) is 3.58. The fraction of sp³-hybridized carbons (Fsp3) is 0.300. The van der Waals surface area contributed by atoms with Crippen molar-refractivity contribution in [2.45, 2.75) is 39.1 Å². The molecule has 0 aliphatic rings. The van der Waals surface area contributed by atoms with Crippen molar-refractivity contribution in [2.75, 3.05) is 0 Å². The van der Waals surface area contributed by atoms with E-state index >= 15 is 0 Å². The lowest BCUT2D eigenvalue weighted by atomic mass is 10.3. The van der Waals surface area contributed by atoms with Crippen molar-refractivity contribution in [2.24, 2.45) is 0 Å². The van der Waals surface area contributed by atoms with E-state index in [9.17, 15) is 27.6 Å². The molecule has 0 saturated carbocycles. The summed E-state index contributed by atoms with van der Waals surface area (Å²) in [5, 5.41) is 10.4. The molecule has 1 aromatic carbocycles. The number of carboxylic acids is 1. The van der Waals surface area contributed by atoms with Crippen LogP contribution in [0.4, 0.5) is 13.2 Å². The van der Waals surface area contributed by atoms with E-state index in [2.05, 4.69) is 21.9 Å². The van der Waals surface area contributed by atoms with Gasteiger partial charge in [0.1, 0.15) is 22.6 Å². The Bertz CT molecular complexity index is 983. The Kier molecular flexibility index (Phi) is 10.4. The second-order valence-electron chi connectivity index (χ2n) is 6.38. The number of nitrogens with zero attached hydrogens (tertiary/aromatic N) is 1. The van der Waals surface area contributed by atoms with Gasteiger partial charge in [-0.2, -0.15) is 13.2 Å². The molecule has 1 heterocycles. The molecular weight excluding hydrogens is 492 g/mol. The molecular formula is C20H19Cl2F3N2O6. The molecule has 2 rings (SSSR count). The van der Waals surface area contributed by atoms with E-state index in [0.29, 0.717) is 12.3 Å². The first-order valence-corrected chi connectivity index (χ1v) is 9.82. The van der Waals surface area contributed by atoms with Crippen molar-refractivity contribution in [3.05, 3.63) is 47.1 Å². The van der Waals surface area contributed by atoms with Crippen molar-refractivity contribution >= 4 is 40.3 Å². The van der Waals surface area contributed by atoms with Crippen molar-refractivity contribution in [1.82, 2.24) is 10.3 Å². The number of alkyl halides is 3.